The Morgan fingerprint density at radius 2 is 1.55 bits per heavy atom. The summed E-state index contributed by atoms with van der Waals surface area (Å²) in [6.07, 6.45) is 1.57. The van der Waals surface area contributed by atoms with Crippen LogP contribution in [0, 0.1) is 17.5 Å². The Kier molecular flexibility index (Phi) is 7.55. The van der Waals surface area contributed by atoms with E-state index in [1.54, 1.807) is 12.3 Å². The molecule has 0 atom stereocenters. The molecular formula is C28H22F3N5O2S2. The lowest BCUT2D eigenvalue weighted by atomic mass is 10.1. The van der Waals surface area contributed by atoms with Gasteiger partial charge in [0, 0.05) is 23.4 Å². The summed E-state index contributed by atoms with van der Waals surface area (Å²) in [6.45, 7) is 3.89. The summed E-state index contributed by atoms with van der Waals surface area (Å²) in [5.41, 5.74) is 1.01. The second kappa shape index (κ2) is 11.1. The van der Waals surface area contributed by atoms with E-state index in [2.05, 4.69) is 20.3 Å². The van der Waals surface area contributed by atoms with Crippen LogP contribution in [-0.4, -0.2) is 23.4 Å². The quantitative estimate of drug-likeness (QED) is 0.199. The van der Waals surface area contributed by atoms with Crippen LogP contribution in [0.4, 0.5) is 30.5 Å². The summed E-state index contributed by atoms with van der Waals surface area (Å²) >= 11 is 1.33. The van der Waals surface area contributed by atoms with Crippen molar-refractivity contribution in [2.24, 2.45) is 0 Å². The summed E-state index contributed by atoms with van der Waals surface area (Å²) in [5, 5.41) is 3.83. The van der Waals surface area contributed by atoms with E-state index < -0.39 is 38.1 Å². The molecule has 5 rings (SSSR count). The molecule has 0 radical (unpaired) electrons. The number of rotatable bonds is 8. The monoisotopic (exact) mass is 581 g/mol. The first-order valence-corrected chi connectivity index (χ1v) is 14.4. The molecule has 40 heavy (non-hydrogen) atoms. The van der Waals surface area contributed by atoms with Gasteiger partial charge in [0.05, 0.1) is 27.0 Å². The summed E-state index contributed by atoms with van der Waals surface area (Å²) in [5.74, 6) is -3.22. The smallest absolute Gasteiger partial charge is 0.267 e. The number of para-hydroxylation sites is 1. The maximum absolute atomic E-state index is 15.9. The van der Waals surface area contributed by atoms with Gasteiger partial charge in [-0.15, -0.1) is 11.3 Å². The van der Waals surface area contributed by atoms with Crippen molar-refractivity contribution in [1.29, 1.82) is 0 Å². The predicted octanol–water partition coefficient (Wildman–Crippen LogP) is 7.35. The Balaban J connectivity index is 1.57. The highest BCUT2D eigenvalue weighted by Gasteiger charge is 2.27. The molecule has 2 N–H and O–H groups in total. The number of halogens is 3. The minimum absolute atomic E-state index is 0.00929. The highest BCUT2D eigenvalue weighted by Crippen LogP contribution is 2.41. The van der Waals surface area contributed by atoms with E-state index in [1.807, 2.05) is 48.9 Å². The molecule has 0 saturated heterocycles. The third-order valence-corrected chi connectivity index (χ3v) is 8.54. The van der Waals surface area contributed by atoms with E-state index in [0.29, 0.717) is 21.5 Å². The molecule has 5 aromatic rings. The van der Waals surface area contributed by atoms with Gasteiger partial charge in [0.1, 0.15) is 11.6 Å². The fraction of sp³-hybridized carbons (Fsp3) is 0.107. The fourth-order valence-electron chi connectivity index (χ4n) is 3.86. The number of nitrogens with one attached hydrogen (secondary N) is 2. The molecule has 204 valence electrons. The number of hydrogen-bond donors (Lipinski definition) is 2. The zero-order valence-electron chi connectivity index (χ0n) is 21.2. The highest BCUT2D eigenvalue weighted by molar-refractivity contribution is 7.92. The molecule has 3 aromatic carbocycles. The summed E-state index contributed by atoms with van der Waals surface area (Å²) in [6, 6.07) is 17.7. The fourth-order valence-corrected chi connectivity index (χ4v) is 6.12. The molecule has 0 aliphatic heterocycles. The standard InChI is InChI=1S/C28H22F3N5O2S2/c1-16(2)27-35-24(25(39-27)22-14-15-32-28(34-22)33-17-8-4-3-5-9-17)18-10-6-13-21(23(18)31)36-40(37,38)26-19(29)11-7-12-20(26)30/h3-16,36H,1-2H3,(H,32,33,34). The van der Waals surface area contributed by atoms with Crippen molar-refractivity contribution in [3.05, 3.63) is 101 Å². The van der Waals surface area contributed by atoms with Crippen LogP contribution in [-0.2, 0) is 10.0 Å². The molecule has 0 fully saturated rings. The molecular weight excluding hydrogens is 559 g/mol. The lowest BCUT2D eigenvalue weighted by molar-refractivity contribution is 0.521. The van der Waals surface area contributed by atoms with Crippen LogP contribution < -0.4 is 10.0 Å². The van der Waals surface area contributed by atoms with Crippen LogP contribution in [0.3, 0.4) is 0 Å². The second-order valence-corrected chi connectivity index (χ2v) is 11.6. The van der Waals surface area contributed by atoms with Crippen LogP contribution in [0.1, 0.15) is 24.8 Å². The van der Waals surface area contributed by atoms with Crippen LogP contribution >= 0.6 is 11.3 Å². The van der Waals surface area contributed by atoms with Gasteiger partial charge in [-0.05, 0) is 42.5 Å². The normalized spacial score (nSPS) is 11.6. The second-order valence-electron chi connectivity index (χ2n) is 8.96. The third-order valence-electron chi connectivity index (χ3n) is 5.74. The Morgan fingerprint density at radius 3 is 2.25 bits per heavy atom. The molecule has 12 heteroatoms. The predicted molar refractivity (Wildman–Crippen MR) is 150 cm³/mol. The van der Waals surface area contributed by atoms with Gasteiger partial charge >= 0.3 is 0 Å². The van der Waals surface area contributed by atoms with Gasteiger partial charge in [0.2, 0.25) is 5.95 Å². The number of aromatic nitrogens is 3. The van der Waals surface area contributed by atoms with Crippen molar-refractivity contribution in [3.8, 4) is 21.8 Å². The zero-order valence-corrected chi connectivity index (χ0v) is 22.8. The molecule has 0 aliphatic carbocycles. The van der Waals surface area contributed by atoms with Crippen LogP contribution in [0.2, 0.25) is 0 Å². The number of nitrogens with zero attached hydrogens (tertiary/aromatic N) is 3. The van der Waals surface area contributed by atoms with E-state index in [-0.39, 0.29) is 17.2 Å². The van der Waals surface area contributed by atoms with Crippen LogP contribution in [0.15, 0.2) is 83.9 Å². The molecule has 0 spiro atoms. The first-order valence-electron chi connectivity index (χ1n) is 12.1. The first kappa shape index (κ1) is 27.3. The minimum atomic E-state index is -4.79. The SMILES string of the molecule is CC(C)c1nc(-c2cccc(NS(=O)(=O)c3c(F)cccc3F)c2F)c(-c2ccnc(Nc3ccccc3)n2)s1. The first-order chi connectivity index (χ1) is 19.1. The van der Waals surface area contributed by atoms with Crippen molar-refractivity contribution >= 4 is 38.7 Å². The minimum Gasteiger partial charge on any atom is -0.324 e. The van der Waals surface area contributed by atoms with E-state index in [0.717, 1.165) is 30.0 Å². The number of thiazole rings is 1. The molecule has 2 aromatic heterocycles. The Morgan fingerprint density at radius 1 is 0.850 bits per heavy atom. The third kappa shape index (κ3) is 5.54. The van der Waals surface area contributed by atoms with Crippen LogP contribution in [0.25, 0.3) is 21.8 Å². The van der Waals surface area contributed by atoms with E-state index >= 15 is 4.39 Å². The largest absolute Gasteiger partial charge is 0.324 e. The lowest BCUT2D eigenvalue weighted by Gasteiger charge is -2.12. The molecule has 0 amide bonds. The molecule has 0 aliphatic rings. The van der Waals surface area contributed by atoms with E-state index in [9.17, 15) is 17.2 Å². The van der Waals surface area contributed by atoms with Crippen molar-refractivity contribution in [1.82, 2.24) is 15.0 Å². The maximum atomic E-state index is 15.9. The van der Waals surface area contributed by atoms with E-state index in [1.165, 1.54) is 23.5 Å². The molecule has 0 bridgehead atoms. The molecule has 2 heterocycles. The Hall–Kier alpha value is -4.29. The van der Waals surface area contributed by atoms with Gasteiger partial charge in [0.25, 0.3) is 10.0 Å². The molecule has 0 saturated carbocycles. The van der Waals surface area contributed by atoms with Crippen molar-refractivity contribution in [2.75, 3.05) is 10.0 Å². The summed E-state index contributed by atoms with van der Waals surface area (Å²) in [4.78, 5) is 12.9. The summed E-state index contributed by atoms with van der Waals surface area (Å²) < 4.78 is 71.9. The highest BCUT2D eigenvalue weighted by atomic mass is 32.2. The van der Waals surface area contributed by atoms with Crippen molar-refractivity contribution in [3.63, 3.8) is 0 Å². The van der Waals surface area contributed by atoms with Gasteiger partial charge < -0.3 is 5.32 Å². The van der Waals surface area contributed by atoms with Gasteiger partial charge in [-0.2, -0.15) is 0 Å². The average Bonchev–Trinajstić information content (AvgIpc) is 3.36. The van der Waals surface area contributed by atoms with Crippen LogP contribution in [0.5, 0.6) is 0 Å². The average molecular weight is 582 g/mol. The Labute approximate surface area is 232 Å². The summed E-state index contributed by atoms with van der Waals surface area (Å²) in [7, 11) is -4.79. The number of benzene rings is 3. The van der Waals surface area contributed by atoms with Gasteiger partial charge in [-0.25, -0.2) is 36.5 Å². The number of anilines is 3. The van der Waals surface area contributed by atoms with Gasteiger partial charge in [0.15, 0.2) is 10.7 Å². The topological polar surface area (TPSA) is 96.9 Å². The molecule has 7 nitrogen and oxygen atoms in total. The van der Waals surface area contributed by atoms with Crippen molar-refractivity contribution in [2.45, 2.75) is 24.7 Å². The zero-order chi connectivity index (χ0) is 28.4. The Bertz CT molecular complexity index is 1780. The number of sulfonamides is 1. The molecule has 0 unspecified atom stereocenters. The number of hydrogen-bond acceptors (Lipinski definition) is 7. The lowest BCUT2D eigenvalue weighted by Crippen LogP contribution is -2.17. The van der Waals surface area contributed by atoms with Crippen molar-refractivity contribution < 1.29 is 21.6 Å². The van der Waals surface area contributed by atoms with E-state index in [4.69, 9.17) is 0 Å². The van der Waals surface area contributed by atoms with Gasteiger partial charge in [-0.1, -0.05) is 44.2 Å². The van der Waals surface area contributed by atoms with Gasteiger partial charge in [-0.3, -0.25) is 4.72 Å². The maximum Gasteiger partial charge on any atom is 0.267 e.